The number of nitrogens with one attached hydrogen (secondary N) is 1. The van der Waals surface area contributed by atoms with Crippen LogP contribution in [0.4, 0.5) is 11.4 Å². The molecule has 2 heterocycles. The van der Waals surface area contributed by atoms with Crippen molar-refractivity contribution in [2.24, 2.45) is 13.0 Å². The van der Waals surface area contributed by atoms with Crippen LogP contribution in [0.25, 0.3) is 0 Å². The maximum atomic E-state index is 12.3. The van der Waals surface area contributed by atoms with Gasteiger partial charge in [-0.3, -0.25) is 14.3 Å². The summed E-state index contributed by atoms with van der Waals surface area (Å²) in [6.07, 6.45) is 3.49. The van der Waals surface area contributed by atoms with Gasteiger partial charge in [0.15, 0.2) is 0 Å². The van der Waals surface area contributed by atoms with E-state index < -0.39 is 0 Å². The normalized spacial score (nSPS) is 17.4. The van der Waals surface area contributed by atoms with E-state index in [1.54, 1.807) is 42.2 Å². The molecule has 2 amide bonds. The summed E-state index contributed by atoms with van der Waals surface area (Å²) in [4.78, 5) is 26.2. The molecule has 7 nitrogen and oxygen atoms in total. The molecule has 1 N–H and O–H groups in total. The zero-order valence-corrected chi connectivity index (χ0v) is 13.0. The van der Waals surface area contributed by atoms with Crippen LogP contribution in [0.2, 0.25) is 0 Å². The highest BCUT2D eigenvalue weighted by molar-refractivity contribution is 6.03. The van der Waals surface area contributed by atoms with Crippen molar-refractivity contribution < 1.29 is 14.3 Å². The van der Waals surface area contributed by atoms with Gasteiger partial charge in [0.1, 0.15) is 5.75 Å². The van der Waals surface area contributed by atoms with Crippen molar-refractivity contribution in [1.82, 2.24) is 9.78 Å². The first-order chi connectivity index (χ1) is 11.1. The number of aromatic nitrogens is 2. The summed E-state index contributed by atoms with van der Waals surface area (Å²) in [6.45, 7) is 0.359. The van der Waals surface area contributed by atoms with Gasteiger partial charge in [-0.05, 0) is 12.1 Å². The molecule has 0 radical (unpaired) electrons. The van der Waals surface area contributed by atoms with Crippen LogP contribution in [0.1, 0.15) is 6.42 Å². The van der Waals surface area contributed by atoms with Crippen LogP contribution < -0.4 is 15.0 Å². The molecule has 0 unspecified atom stereocenters. The molecule has 1 aromatic carbocycles. The van der Waals surface area contributed by atoms with Crippen molar-refractivity contribution in [2.45, 2.75) is 6.42 Å². The van der Waals surface area contributed by atoms with E-state index in [1.807, 2.05) is 18.2 Å². The second kappa shape index (κ2) is 6.12. The average Bonchev–Trinajstić information content (AvgIpc) is 3.13. The summed E-state index contributed by atoms with van der Waals surface area (Å²) in [5, 5.41) is 6.80. The molecule has 2 aromatic rings. The SMILES string of the molecule is COc1cccc(N2C[C@@H](C(=O)Nc3cnn(C)c3)CC2=O)c1. The van der Waals surface area contributed by atoms with E-state index in [0.717, 1.165) is 5.69 Å². The lowest BCUT2D eigenvalue weighted by molar-refractivity contribution is -0.122. The number of carbonyl (C=O) groups excluding carboxylic acids is 2. The van der Waals surface area contributed by atoms with Crippen molar-refractivity contribution in [1.29, 1.82) is 0 Å². The van der Waals surface area contributed by atoms with Gasteiger partial charge in [0.05, 0.1) is 24.9 Å². The smallest absolute Gasteiger partial charge is 0.229 e. The number of methoxy groups -OCH3 is 1. The van der Waals surface area contributed by atoms with Gasteiger partial charge in [-0.2, -0.15) is 5.10 Å². The monoisotopic (exact) mass is 314 g/mol. The number of hydrogen-bond donors (Lipinski definition) is 1. The van der Waals surface area contributed by atoms with E-state index in [4.69, 9.17) is 4.74 Å². The Bertz CT molecular complexity index is 740. The molecular weight excluding hydrogens is 296 g/mol. The quantitative estimate of drug-likeness (QED) is 0.926. The fraction of sp³-hybridized carbons (Fsp3) is 0.312. The number of carbonyl (C=O) groups is 2. The lowest BCUT2D eigenvalue weighted by atomic mass is 10.1. The van der Waals surface area contributed by atoms with Crippen molar-refractivity contribution in [3.63, 3.8) is 0 Å². The van der Waals surface area contributed by atoms with Crippen molar-refractivity contribution >= 4 is 23.2 Å². The molecule has 23 heavy (non-hydrogen) atoms. The summed E-state index contributed by atoms with van der Waals surface area (Å²) in [6, 6.07) is 7.27. The van der Waals surface area contributed by atoms with Gasteiger partial charge >= 0.3 is 0 Å². The highest BCUT2D eigenvalue weighted by Gasteiger charge is 2.35. The van der Waals surface area contributed by atoms with E-state index in [1.165, 1.54) is 0 Å². The fourth-order valence-electron chi connectivity index (χ4n) is 2.64. The van der Waals surface area contributed by atoms with Gasteiger partial charge in [0.25, 0.3) is 0 Å². The Morgan fingerprint density at radius 2 is 2.26 bits per heavy atom. The predicted octanol–water partition coefficient (Wildman–Crippen LogP) is 1.42. The minimum Gasteiger partial charge on any atom is -0.497 e. The van der Waals surface area contributed by atoms with Gasteiger partial charge in [0, 0.05) is 38.0 Å². The minimum atomic E-state index is -0.381. The Morgan fingerprint density at radius 3 is 2.96 bits per heavy atom. The molecular formula is C16H18N4O3. The lowest BCUT2D eigenvalue weighted by Gasteiger charge is -2.17. The number of hydrogen-bond acceptors (Lipinski definition) is 4. The molecule has 1 saturated heterocycles. The van der Waals surface area contributed by atoms with Crippen LogP contribution in [-0.2, 0) is 16.6 Å². The lowest BCUT2D eigenvalue weighted by Crippen LogP contribution is -2.28. The first-order valence-corrected chi connectivity index (χ1v) is 7.31. The molecule has 1 fully saturated rings. The van der Waals surface area contributed by atoms with Crippen molar-refractivity contribution in [3.05, 3.63) is 36.7 Å². The summed E-state index contributed by atoms with van der Waals surface area (Å²) in [7, 11) is 3.36. The zero-order valence-electron chi connectivity index (χ0n) is 13.0. The Labute approximate surface area is 133 Å². The van der Waals surface area contributed by atoms with E-state index in [0.29, 0.717) is 18.0 Å². The van der Waals surface area contributed by atoms with E-state index in [-0.39, 0.29) is 24.2 Å². The Hall–Kier alpha value is -2.83. The second-order valence-electron chi connectivity index (χ2n) is 5.50. The number of anilines is 2. The maximum Gasteiger partial charge on any atom is 0.229 e. The third-order valence-electron chi connectivity index (χ3n) is 3.83. The van der Waals surface area contributed by atoms with Crippen LogP contribution in [-0.4, -0.2) is 35.2 Å². The predicted molar refractivity (Wildman–Crippen MR) is 85.3 cm³/mol. The van der Waals surface area contributed by atoms with Crippen molar-refractivity contribution in [2.75, 3.05) is 23.9 Å². The zero-order chi connectivity index (χ0) is 16.4. The highest BCUT2D eigenvalue weighted by Crippen LogP contribution is 2.28. The number of ether oxygens (including phenoxy) is 1. The van der Waals surface area contributed by atoms with E-state index >= 15 is 0 Å². The summed E-state index contributed by atoms with van der Waals surface area (Å²) in [5.41, 5.74) is 1.37. The van der Waals surface area contributed by atoms with Gasteiger partial charge < -0.3 is 15.0 Å². The topological polar surface area (TPSA) is 76.5 Å². The molecule has 7 heteroatoms. The first-order valence-electron chi connectivity index (χ1n) is 7.31. The molecule has 1 aliphatic rings. The molecule has 1 aliphatic heterocycles. The van der Waals surface area contributed by atoms with Crippen LogP contribution in [0.5, 0.6) is 5.75 Å². The second-order valence-corrected chi connectivity index (χ2v) is 5.50. The number of amides is 2. The summed E-state index contributed by atoms with van der Waals surface area (Å²) in [5.74, 6) is 0.0637. The summed E-state index contributed by atoms with van der Waals surface area (Å²) >= 11 is 0. The average molecular weight is 314 g/mol. The van der Waals surface area contributed by atoms with Crippen LogP contribution >= 0.6 is 0 Å². The Balaban J connectivity index is 1.70. The first kappa shape index (κ1) is 15.1. The Kier molecular flexibility index (Phi) is 4.01. The third kappa shape index (κ3) is 3.18. The van der Waals surface area contributed by atoms with Gasteiger partial charge in [-0.25, -0.2) is 0 Å². The molecule has 1 atom stereocenters. The third-order valence-corrected chi connectivity index (χ3v) is 3.83. The largest absolute Gasteiger partial charge is 0.497 e. The van der Waals surface area contributed by atoms with Crippen molar-refractivity contribution in [3.8, 4) is 5.75 Å². The van der Waals surface area contributed by atoms with Crippen LogP contribution in [0.15, 0.2) is 36.7 Å². The van der Waals surface area contributed by atoms with Gasteiger partial charge in [-0.1, -0.05) is 6.07 Å². The number of nitrogens with zero attached hydrogens (tertiary/aromatic N) is 3. The molecule has 1 aromatic heterocycles. The van der Waals surface area contributed by atoms with E-state index in [2.05, 4.69) is 10.4 Å². The maximum absolute atomic E-state index is 12.3. The number of rotatable bonds is 4. The number of benzene rings is 1. The molecule has 3 rings (SSSR count). The molecule has 0 aliphatic carbocycles. The fourth-order valence-corrected chi connectivity index (χ4v) is 2.64. The molecule has 120 valence electrons. The van der Waals surface area contributed by atoms with Crippen LogP contribution in [0, 0.1) is 5.92 Å². The molecule has 0 saturated carbocycles. The minimum absolute atomic E-state index is 0.0652. The Morgan fingerprint density at radius 1 is 1.43 bits per heavy atom. The van der Waals surface area contributed by atoms with E-state index in [9.17, 15) is 9.59 Å². The standard InChI is InChI=1S/C16H18N4O3/c1-19-10-12(8-17-19)18-16(22)11-6-15(21)20(9-11)13-4-3-5-14(7-13)23-2/h3-5,7-8,10-11H,6,9H2,1-2H3,(H,18,22)/t11-/m0/s1. The van der Waals surface area contributed by atoms with Gasteiger partial charge in [0.2, 0.25) is 11.8 Å². The molecule has 0 spiro atoms. The van der Waals surface area contributed by atoms with Gasteiger partial charge in [-0.15, -0.1) is 0 Å². The molecule has 0 bridgehead atoms. The number of aryl methyl sites for hydroxylation is 1. The van der Waals surface area contributed by atoms with Crippen LogP contribution in [0.3, 0.4) is 0 Å². The highest BCUT2D eigenvalue weighted by atomic mass is 16.5. The summed E-state index contributed by atoms with van der Waals surface area (Å²) < 4.78 is 6.79.